The molecule has 1 unspecified atom stereocenters. The van der Waals surface area contributed by atoms with Crippen molar-refractivity contribution in [2.24, 2.45) is 0 Å². The summed E-state index contributed by atoms with van der Waals surface area (Å²) in [6.45, 7) is 3.40. The van der Waals surface area contributed by atoms with Crippen molar-refractivity contribution in [1.29, 1.82) is 0 Å². The van der Waals surface area contributed by atoms with Crippen molar-refractivity contribution in [3.63, 3.8) is 0 Å². The van der Waals surface area contributed by atoms with Crippen molar-refractivity contribution < 1.29 is 14.0 Å². The van der Waals surface area contributed by atoms with E-state index in [0.717, 1.165) is 24.2 Å². The van der Waals surface area contributed by atoms with Crippen molar-refractivity contribution in [1.82, 2.24) is 0 Å². The molecule has 1 aromatic carbocycles. The van der Waals surface area contributed by atoms with Crippen molar-refractivity contribution in [2.75, 3.05) is 33.8 Å². The second kappa shape index (κ2) is 4.95. The summed E-state index contributed by atoms with van der Waals surface area (Å²) in [7, 11) is 4.42. The van der Waals surface area contributed by atoms with Gasteiger partial charge in [0.1, 0.15) is 13.1 Å². The van der Waals surface area contributed by atoms with Gasteiger partial charge in [-0.1, -0.05) is 30.3 Å². The summed E-state index contributed by atoms with van der Waals surface area (Å²) in [5.74, 6) is 0. The van der Waals surface area contributed by atoms with E-state index in [1.807, 2.05) is 18.2 Å². The van der Waals surface area contributed by atoms with Gasteiger partial charge in [-0.05, 0) is 5.56 Å². The molecular formula is C13H20NO2+. The Kier molecular flexibility index (Phi) is 3.59. The number of likely N-dealkylation sites (N-methyl/N-ethyl adjacent to an activating group) is 1. The summed E-state index contributed by atoms with van der Waals surface area (Å²) in [6, 6.07) is 10.2. The number of nitrogens with zero attached hydrogens (tertiary/aromatic N) is 1. The summed E-state index contributed by atoms with van der Waals surface area (Å²) < 4.78 is 12.3. The molecule has 0 N–H and O–H groups in total. The van der Waals surface area contributed by atoms with Gasteiger partial charge in [0.05, 0.1) is 27.3 Å². The summed E-state index contributed by atoms with van der Waals surface area (Å²) in [4.78, 5) is 0. The Labute approximate surface area is 97.2 Å². The highest BCUT2D eigenvalue weighted by atomic mass is 16.7. The summed E-state index contributed by atoms with van der Waals surface area (Å²) >= 11 is 0. The van der Waals surface area contributed by atoms with E-state index < -0.39 is 0 Å². The average molecular weight is 222 g/mol. The van der Waals surface area contributed by atoms with E-state index in [4.69, 9.17) is 9.47 Å². The van der Waals surface area contributed by atoms with Crippen LogP contribution in [0.2, 0.25) is 0 Å². The van der Waals surface area contributed by atoms with Crippen molar-refractivity contribution in [3.05, 3.63) is 35.9 Å². The van der Waals surface area contributed by atoms with Gasteiger partial charge in [-0.25, -0.2) is 0 Å². The SMILES string of the molecule is C[N+]1(C)CCOC(OCc2ccccc2)C1. The zero-order chi connectivity index (χ0) is 11.4. The van der Waals surface area contributed by atoms with Gasteiger partial charge in [0.15, 0.2) is 0 Å². The predicted molar refractivity (Wildman–Crippen MR) is 62.8 cm³/mol. The number of rotatable bonds is 3. The van der Waals surface area contributed by atoms with E-state index in [2.05, 4.69) is 26.2 Å². The highest BCUT2D eigenvalue weighted by Gasteiger charge is 2.28. The first-order chi connectivity index (χ1) is 7.66. The molecule has 1 aliphatic rings. The topological polar surface area (TPSA) is 18.5 Å². The van der Waals surface area contributed by atoms with E-state index >= 15 is 0 Å². The summed E-state index contributed by atoms with van der Waals surface area (Å²) in [5, 5.41) is 0. The van der Waals surface area contributed by atoms with Gasteiger partial charge >= 0.3 is 0 Å². The van der Waals surface area contributed by atoms with Gasteiger partial charge in [0.25, 0.3) is 0 Å². The Morgan fingerprint density at radius 1 is 1.31 bits per heavy atom. The van der Waals surface area contributed by atoms with Crippen LogP contribution in [0.1, 0.15) is 5.56 Å². The minimum absolute atomic E-state index is 0.0658. The van der Waals surface area contributed by atoms with Gasteiger partial charge < -0.3 is 14.0 Å². The third-order valence-electron chi connectivity index (χ3n) is 2.92. The zero-order valence-corrected chi connectivity index (χ0v) is 10.1. The van der Waals surface area contributed by atoms with Gasteiger partial charge in [0, 0.05) is 0 Å². The van der Waals surface area contributed by atoms with Gasteiger partial charge in [-0.15, -0.1) is 0 Å². The van der Waals surface area contributed by atoms with Crippen molar-refractivity contribution in [2.45, 2.75) is 12.9 Å². The van der Waals surface area contributed by atoms with Gasteiger partial charge in [0.2, 0.25) is 6.29 Å². The van der Waals surface area contributed by atoms with Crippen LogP contribution in [-0.4, -0.2) is 44.6 Å². The molecule has 1 aliphatic heterocycles. The molecule has 0 saturated carbocycles. The third kappa shape index (κ3) is 3.30. The molecule has 3 heteroatoms. The molecule has 0 bridgehead atoms. The molecule has 2 rings (SSSR count). The summed E-state index contributed by atoms with van der Waals surface area (Å²) in [5.41, 5.74) is 1.20. The Hall–Kier alpha value is -0.900. The fourth-order valence-corrected chi connectivity index (χ4v) is 1.84. The molecule has 0 aromatic heterocycles. The highest BCUT2D eigenvalue weighted by Crippen LogP contribution is 2.12. The largest absolute Gasteiger partial charge is 0.343 e. The van der Waals surface area contributed by atoms with E-state index in [1.54, 1.807) is 0 Å². The Morgan fingerprint density at radius 2 is 2.06 bits per heavy atom. The molecule has 1 saturated heterocycles. The van der Waals surface area contributed by atoms with Gasteiger partial charge in [-0.3, -0.25) is 0 Å². The lowest BCUT2D eigenvalue weighted by Crippen LogP contribution is -2.53. The molecule has 1 fully saturated rings. The highest BCUT2D eigenvalue weighted by molar-refractivity contribution is 5.13. The van der Waals surface area contributed by atoms with E-state index in [1.165, 1.54) is 5.56 Å². The Bertz CT molecular complexity index is 324. The number of benzene rings is 1. The first-order valence-corrected chi connectivity index (χ1v) is 5.75. The molecule has 3 nitrogen and oxygen atoms in total. The molecule has 1 aromatic rings. The van der Waals surface area contributed by atoms with Crippen molar-refractivity contribution >= 4 is 0 Å². The third-order valence-corrected chi connectivity index (χ3v) is 2.92. The molecule has 16 heavy (non-hydrogen) atoms. The van der Waals surface area contributed by atoms with Crippen LogP contribution in [0.25, 0.3) is 0 Å². The van der Waals surface area contributed by atoms with Crippen LogP contribution >= 0.6 is 0 Å². The molecule has 0 amide bonds. The lowest BCUT2D eigenvalue weighted by atomic mass is 10.2. The van der Waals surface area contributed by atoms with Crippen LogP contribution in [0.4, 0.5) is 0 Å². The zero-order valence-electron chi connectivity index (χ0n) is 10.1. The number of ether oxygens (including phenoxy) is 2. The molecular weight excluding hydrogens is 202 g/mol. The molecule has 88 valence electrons. The van der Waals surface area contributed by atoms with E-state index in [-0.39, 0.29) is 6.29 Å². The Morgan fingerprint density at radius 3 is 2.75 bits per heavy atom. The van der Waals surface area contributed by atoms with Crippen LogP contribution in [0.3, 0.4) is 0 Å². The maximum Gasteiger partial charge on any atom is 0.208 e. The Balaban J connectivity index is 1.82. The van der Waals surface area contributed by atoms with E-state index in [0.29, 0.717) is 6.61 Å². The van der Waals surface area contributed by atoms with Crippen LogP contribution in [0.15, 0.2) is 30.3 Å². The van der Waals surface area contributed by atoms with Crippen LogP contribution in [0.5, 0.6) is 0 Å². The van der Waals surface area contributed by atoms with Gasteiger partial charge in [-0.2, -0.15) is 0 Å². The van der Waals surface area contributed by atoms with Crippen LogP contribution in [0, 0.1) is 0 Å². The first-order valence-electron chi connectivity index (χ1n) is 5.75. The number of hydrogen-bond donors (Lipinski definition) is 0. The molecule has 0 aliphatic carbocycles. The van der Waals surface area contributed by atoms with E-state index in [9.17, 15) is 0 Å². The number of morpholine rings is 1. The summed E-state index contributed by atoms with van der Waals surface area (Å²) in [6.07, 6.45) is -0.0658. The minimum Gasteiger partial charge on any atom is -0.343 e. The second-order valence-electron chi connectivity index (χ2n) is 4.94. The fourth-order valence-electron chi connectivity index (χ4n) is 1.84. The van der Waals surface area contributed by atoms with Crippen LogP contribution < -0.4 is 0 Å². The predicted octanol–water partition coefficient (Wildman–Crippen LogP) is 1.64. The molecule has 1 atom stereocenters. The maximum absolute atomic E-state index is 5.77. The minimum atomic E-state index is -0.0658. The number of hydrogen-bond acceptors (Lipinski definition) is 2. The lowest BCUT2D eigenvalue weighted by molar-refractivity contribution is -0.905. The molecule has 1 heterocycles. The second-order valence-corrected chi connectivity index (χ2v) is 4.94. The quantitative estimate of drug-likeness (QED) is 0.724. The van der Waals surface area contributed by atoms with Crippen LogP contribution in [-0.2, 0) is 16.1 Å². The first kappa shape index (κ1) is 11.6. The standard InChI is InChI=1S/C13H20NO2/c1-14(2)8-9-15-13(10-14)16-11-12-6-4-3-5-7-12/h3-7,13H,8-11H2,1-2H3/q+1. The molecule has 0 spiro atoms. The maximum atomic E-state index is 5.77. The fraction of sp³-hybridized carbons (Fsp3) is 0.538. The smallest absolute Gasteiger partial charge is 0.208 e. The molecule has 0 radical (unpaired) electrons. The monoisotopic (exact) mass is 222 g/mol. The normalized spacial score (nSPS) is 24.2. The van der Waals surface area contributed by atoms with Crippen molar-refractivity contribution in [3.8, 4) is 0 Å². The lowest BCUT2D eigenvalue weighted by Gasteiger charge is -2.37. The average Bonchev–Trinajstić information content (AvgIpc) is 2.27. The number of quaternary nitrogens is 1.